The number of ether oxygens (including phenoxy) is 2. The maximum atomic E-state index is 15.1. The third kappa shape index (κ3) is 5.06. The molecule has 1 spiro atoms. The van der Waals surface area contributed by atoms with Gasteiger partial charge in [-0.1, -0.05) is 32.4 Å². The molecule has 1 saturated heterocycles. The number of nitrogens with one attached hydrogen (secondary N) is 3. The molecule has 40 heavy (non-hydrogen) atoms. The van der Waals surface area contributed by atoms with Crippen molar-refractivity contribution in [1.29, 1.82) is 0 Å². The summed E-state index contributed by atoms with van der Waals surface area (Å²) in [6.07, 6.45) is 0.557. The van der Waals surface area contributed by atoms with Gasteiger partial charge in [0.05, 0.1) is 31.8 Å². The van der Waals surface area contributed by atoms with E-state index in [0.717, 1.165) is 41.3 Å². The quantitative estimate of drug-likeness (QED) is 0.292. The minimum atomic E-state index is -0.731. The maximum absolute atomic E-state index is 15.1. The number of benzene rings is 1. The van der Waals surface area contributed by atoms with E-state index >= 15 is 4.39 Å². The van der Waals surface area contributed by atoms with Crippen molar-refractivity contribution in [2.24, 2.45) is 5.41 Å². The lowest BCUT2D eigenvalue weighted by atomic mass is 9.90. The lowest BCUT2D eigenvalue weighted by Crippen LogP contribution is -2.36. The summed E-state index contributed by atoms with van der Waals surface area (Å²) in [7, 11) is 1.43. The van der Waals surface area contributed by atoms with Gasteiger partial charge in [-0.3, -0.25) is 0 Å². The summed E-state index contributed by atoms with van der Waals surface area (Å²) >= 11 is 10.4. The van der Waals surface area contributed by atoms with E-state index in [1.54, 1.807) is 0 Å². The topological polar surface area (TPSA) is 109 Å². The molecule has 0 unspecified atom stereocenters. The predicted molar refractivity (Wildman–Crippen MR) is 157 cm³/mol. The Kier molecular flexibility index (Phi) is 6.93. The van der Waals surface area contributed by atoms with Crippen LogP contribution in [0.5, 0.6) is 5.75 Å². The van der Waals surface area contributed by atoms with Crippen LogP contribution in [0.2, 0.25) is 5.02 Å². The van der Waals surface area contributed by atoms with Crippen molar-refractivity contribution in [3.8, 4) is 5.75 Å². The number of rotatable bonds is 3. The van der Waals surface area contributed by atoms with Crippen LogP contribution in [0.15, 0.2) is 10.5 Å². The minimum Gasteiger partial charge on any atom is -0.444 e. The van der Waals surface area contributed by atoms with E-state index in [4.69, 9.17) is 26.1 Å². The monoisotopic (exact) mass is 637 g/mol. The number of carbonyl (C=O) groups is 2. The predicted octanol–water partition coefficient (Wildman–Crippen LogP) is 6.78. The molecule has 1 aliphatic heterocycles. The number of carbonyl (C=O) groups excluding carboxylic acids is 2. The van der Waals surface area contributed by atoms with E-state index < -0.39 is 23.6 Å². The molecule has 0 bridgehead atoms. The smallest absolute Gasteiger partial charge is 0.412 e. The Labute approximate surface area is 245 Å². The van der Waals surface area contributed by atoms with Gasteiger partial charge in [0.2, 0.25) is 0 Å². The molecule has 2 amide bonds. The number of nitrogens with zero attached hydrogens (tertiary/aromatic N) is 2. The number of aromatic nitrogens is 2. The molecule has 2 aliphatic rings. The first kappa shape index (κ1) is 28.7. The van der Waals surface area contributed by atoms with Crippen molar-refractivity contribution in [3.63, 3.8) is 0 Å². The fourth-order valence-corrected chi connectivity index (χ4v) is 6.90. The summed E-state index contributed by atoms with van der Waals surface area (Å²) in [6.45, 7) is 13.1. The van der Waals surface area contributed by atoms with E-state index in [1.165, 1.54) is 7.05 Å². The highest BCUT2D eigenvalue weighted by Crippen LogP contribution is 2.56. The molecule has 0 radical (unpaired) electrons. The van der Waals surface area contributed by atoms with Crippen molar-refractivity contribution >= 4 is 67.3 Å². The Balaban J connectivity index is 1.62. The van der Waals surface area contributed by atoms with Crippen LogP contribution >= 0.6 is 27.5 Å². The lowest BCUT2D eigenvalue weighted by molar-refractivity contribution is 0.0516. The van der Waals surface area contributed by atoms with E-state index in [0.29, 0.717) is 28.5 Å². The van der Waals surface area contributed by atoms with Gasteiger partial charge in [-0.25, -0.2) is 19.0 Å². The van der Waals surface area contributed by atoms with E-state index in [1.807, 2.05) is 20.8 Å². The average molecular weight is 639 g/mol. The molecule has 2 fully saturated rings. The minimum absolute atomic E-state index is 0.00194. The Morgan fingerprint density at radius 2 is 1.93 bits per heavy atom. The summed E-state index contributed by atoms with van der Waals surface area (Å²) in [5, 5.41) is 6.35. The molecule has 2 atom stereocenters. The number of H-pyrrole nitrogens is 1. The summed E-state index contributed by atoms with van der Waals surface area (Å²) in [5.74, 6) is -0.701. The van der Waals surface area contributed by atoms with Crippen molar-refractivity contribution in [1.82, 2.24) is 20.6 Å². The molecule has 12 heteroatoms. The van der Waals surface area contributed by atoms with Gasteiger partial charge in [0.15, 0.2) is 5.75 Å². The molecular formula is C28H34BrClFN5O4. The van der Waals surface area contributed by atoms with Gasteiger partial charge in [0.25, 0.3) is 0 Å². The van der Waals surface area contributed by atoms with Crippen LogP contribution in [0, 0.1) is 11.2 Å². The summed E-state index contributed by atoms with van der Waals surface area (Å²) in [6, 6.07) is 1.10. The zero-order valence-electron chi connectivity index (χ0n) is 23.6. The summed E-state index contributed by atoms with van der Waals surface area (Å²) in [4.78, 5) is 34.9. The summed E-state index contributed by atoms with van der Waals surface area (Å²) < 4.78 is 26.7. The van der Waals surface area contributed by atoms with Crippen LogP contribution in [-0.2, 0) is 10.2 Å². The van der Waals surface area contributed by atoms with Gasteiger partial charge >= 0.3 is 12.2 Å². The number of hydrogen-bond donors (Lipinski definition) is 3. The second-order valence-corrected chi connectivity index (χ2v) is 13.9. The normalized spacial score (nSPS) is 20.9. The SMILES string of the molecule is CNC(=O)Oc1cc(F)c(Cl)c2c1[nH]c1nc(C(C)(C)C)c(Br)c(N3CC[C@]4(C[C@H]4NC(=O)OC(C)(C)C)C3)c12. The molecular weight excluding hydrogens is 605 g/mol. The Morgan fingerprint density at radius 3 is 2.55 bits per heavy atom. The fraction of sp³-hybridized carbons (Fsp3) is 0.536. The highest BCUT2D eigenvalue weighted by Gasteiger charge is 2.59. The first-order valence-corrected chi connectivity index (χ1v) is 14.4. The largest absolute Gasteiger partial charge is 0.444 e. The molecule has 3 aromatic rings. The Morgan fingerprint density at radius 1 is 1.23 bits per heavy atom. The average Bonchev–Trinajstić information content (AvgIpc) is 3.13. The highest BCUT2D eigenvalue weighted by atomic mass is 79.9. The highest BCUT2D eigenvalue weighted by molar-refractivity contribution is 9.10. The van der Waals surface area contributed by atoms with Crippen LogP contribution in [0.4, 0.5) is 19.7 Å². The zero-order valence-corrected chi connectivity index (χ0v) is 26.0. The molecule has 9 nitrogen and oxygen atoms in total. The first-order chi connectivity index (χ1) is 18.5. The zero-order chi connectivity index (χ0) is 29.4. The van der Waals surface area contributed by atoms with E-state index in [2.05, 4.69) is 57.2 Å². The van der Waals surface area contributed by atoms with Gasteiger partial charge in [-0.2, -0.15) is 0 Å². The number of halogens is 3. The number of alkyl carbamates (subject to hydrolysis) is 1. The number of pyridine rings is 1. The molecule has 1 aliphatic carbocycles. The summed E-state index contributed by atoms with van der Waals surface area (Å²) in [5.41, 5.74) is 1.53. The standard InChI is InChI=1S/C28H34BrClFN5O4/c1-26(2,3)22-18(29)21(36-9-8-28(12-36)11-15(28)33-25(38)40-27(4,5)6)17-16-19(30)13(31)10-14(39-24(37)32-7)20(16)34-23(17)35-22/h10,15H,8-9,11-12H2,1-7H3,(H,32,37)(H,33,38)(H,34,35)/t15-,28+/m1/s1. The number of amides is 2. The Hall–Kier alpha value is -2.79. The van der Waals surface area contributed by atoms with Crippen LogP contribution < -0.4 is 20.3 Å². The van der Waals surface area contributed by atoms with Crippen molar-refractivity contribution in [3.05, 3.63) is 27.1 Å². The van der Waals surface area contributed by atoms with Gasteiger partial charge in [0.1, 0.15) is 17.1 Å². The van der Waals surface area contributed by atoms with Gasteiger partial charge in [-0.05, 0) is 49.5 Å². The van der Waals surface area contributed by atoms with Crippen molar-refractivity contribution in [2.75, 3.05) is 25.0 Å². The molecule has 3 heterocycles. The third-order valence-electron chi connectivity index (χ3n) is 7.49. The van der Waals surface area contributed by atoms with Crippen molar-refractivity contribution < 1.29 is 23.5 Å². The van der Waals surface area contributed by atoms with Crippen LogP contribution in [0.25, 0.3) is 21.9 Å². The molecule has 5 rings (SSSR count). The lowest BCUT2D eigenvalue weighted by Gasteiger charge is -2.27. The first-order valence-electron chi connectivity index (χ1n) is 13.2. The fourth-order valence-electron chi connectivity index (χ4n) is 5.52. The molecule has 2 aromatic heterocycles. The molecule has 1 aromatic carbocycles. The Bertz CT molecular complexity index is 1550. The number of aromatic amines is 1. The molecule has 216 valence electrons. The van der Waals surface area contributed by atoms with Crippen LogP contribution in [0.3, 0.4) is 0 Å². The van der Waals surface area contributed by atoms with Gasteiger partial charge in [0, 0.05) is 48.5 Å². The van der Waals surface area contributed by atoms with Gasteiger partial charge in [-0.15, -0.1) is 0 Å². The van der Waals surface area contributed by atoms with E-state index in [9.17, 15) is 9.59 Å². The number of hydrogen-bond acceptors (Lipinski definition) is 6. The van der Waals surface area contributed by atoms with Crippen LogP contribution in [-0.4, -0.2) is 53.9 Å². The van der Waals surface area contributed by atoms with E-state index in [-0.39, 0.29) is 27.6 Å². The van der Waals surface area contributed by atoms with Gasteiger partial charge < -0.3 is 30.0 Å². The number of anilines is 1. The second kappa shape index (κ2) is 9.65. The number of fused-ring (bicyclic) bond motifs is 3. The van der Waals surface area contributed by atoms with Crippen molar-refractivity contribution in [2.45, 2.75) is 71.4 Å². The van der Waals surface area contributed by atoms with Crippen LogP contribution in [0.1, 0.15) is 60.1 Å². The maximum Gasteiger partial charge on any atom is 0.412 e. The third-order valence-corrected chi connectivity index (χ3v) is 8.61. The molecule has 1 saturated carbocycles. The molecule has 3 N–H and O–H groups in total. The second-order valence-electron chi connectivity index (χ2n) is 12.7.